The van der Waals surface area contributed by atoms with E-state index in [-0.39, 0.29) is 0 Å². The van der Waals surface area contributed by atoms with Gasteiger partial charge < -0.3 is 0 Å². The van der Waals surface area contributed by atoms with E-state index in [1.54, 1.807) is 0 Å². The van der Waals surface area contributed by atoms with Crippen molar-refractivity contribution in [2.45, 2.75) is 41.5 Å². The first-order valence-corrected chi connectivity index (χ1v) is 51.8. The maximum absolute atomic E-state index is 2.32. The molecule has 0 saturated carbocycles. The topological polar surface area (TPSA) is 0 Å². The van der Waals surface area contributed by atoms with Gasteiger partial charge in [0.15, 0.2) is 0 Å². The van der Waals surface area contributed by atoms with Crippen molar-refractivity contribution in [3.8, 4) is 200 Å². The molecule has 0 radical (unpaired) electrons. The summed E-state index contributed by atoms with van der Waals surface area (Å²) in [7, 11) is 0. The van der Waals surface area contributed by atoms with Gasteiger partial charge in [-0.3, -0.25) is 0 Å². The van der Waals surface area contributed by atoms with Gasteiger partial charge in [-0.15, -0.1) is 0 Å². The summed E-state index contributed by atoms with van der Waals surface area (Å²) in [6.07, 6.45) is 0. The lowest BCUT2D eigenvalue weighted by Gasteiger charge is -2.15. The molecule has 0 aliphatic rings. The zero-order valence-electron chi connectivity index (χ0n) is 85.9. The van der Waals surface area contributed by atoms with Crippen molar-refractivity contribution in [3.05, 3.63) is 652 Å². The van der Waals surface area contributed by atoms with Crippen LogP contribution in [0.15, 0.2) is 619 Å². The number of aryl methyl sites for hydroxylation is 6. The van der Waals surface area contributed by atoms with Crippen molar-refractivity contribution in [2.75, 3.05) is 0 Å². The van der Waals surface area contributed by atoms with Crippen LogP contribution in [0.25, 0.3) is 200 Å². The van der Waals surface area contributed by atoms with Gasteiger partial charge in [0.2, 0.25) is 0 Å². The zero-order valence-corrected chi connectivity index (χ0v) is 85.9. The molecule has 0 aliphatic heterocycles. The molecule has 0 atom stereocenters. The summed E-state index contributed by atoms with van der Waals surface area (Å²) in [5.41, 5.74) is 53.1. The SMILES string of the molecule is Cc1ccc(-c2cc(-c3ccccc3)ccc2-c2ccccc2)cc1.Cc1ccc(-c2ccc(-c3ccccc3)cc2-c2ccccc2)cc1.Cc1cccc(-c2cc(-c3ccccc3)ccc2-c2ccccc2)c1.Cc1cccc(-c2ccc(-c3ccccc3)cc2-c2ccccc2)c1.Cc1ccccc1-c1cc(-c2ccccc2)ccc1-c1ccccc1.Cc1ccccc1-c1ccc(-c2ccccc2)cc1-c1ccccc1. The molecular weight excluding hydrogens is 1800 g/mol. The zero-order chi connectivity index (χ0) is 102. The Balaban J connectivity index is 0.000000113. The highest BCUT2D eigenvalue weighted by atomic mass is 14.2. The lowest BCUT2D eigenvalue weighted by molar-refractivity contribution is 1.45. The Kier molecular flexibility index (Phi) is 33.1. The highest BCUT2D eigenvalue weighted by molar-refractivity contribution is 5.95. The van der Waals surface area contributed by atoms with Crippen LogP contribution < -0.4 is 0 Å². The standard InChI is InChI=1S/6C25H20/c1-19-10-8-9-15-23(19)24-17-16-22(20-11-4-2-5-12-20)18-25(24)21-13-6-3-7-14-21;1-19-10-8-9-15-23(19)25-18-22(20-11-4-2-5-12-20)16-17-24(25)21-13-6-3-7-14-21;1-19-9-8-14-23(17-19)24-16-15-22(20-10-4-2-5-11-20)18-25(24)21-12-6-3-7-13-21;1-19-9-8-14-23(17-19)25-18-22(20-10-4-2-5-11-20)15-16-24(25)21-12-6-3-7-13-21;1-19-12-14-22(15-13-19)24-17-16-23(20-8-4-2-5-9-20)18-25(24)21-10-6-3-7-11-21;1-19-12-14-22(15-13-19)25-18-23(20-8-4-2-5-9-20)16-17-24(25)21-10-6-3-7-11-21/h6*2-18H,1H3. The van der Waals surface area contributed by atoms with Crippen molar-refractivity contribution in [1.82, 2.24) is 0 Å². The van der Waals surface area contributed by atoms with Gasteiger partial charge in [0, 0.05) is 0 Å². The van der Waals surface area contributed by atoms with Crippen LogP contribution in [0, 0.1) is 41.5 Å². The van der Waals surface area contributed by atoms with E-state index < -0.39 is 0 Å². The minimum Gasteiger partial charge on any atom is -0.0622 e. The minimum atomic E-state index is 1.25. The molecule has 24 aromatic rings. The molecule has 0 aromatic heterocycles. The molecule has 0 spiro atoms. The molecular formula is C150H120. The van der Waals surface area contributed by atoms with Gasteiger partial charge in [-0.2, -0.15) is 0 Å². The first-order chi connectivity index (χ1) is 73.9. The van der Waals surface area contributed by atoms with Crippen LogP contribution in [-0.4, -0.2) is 0 Å². The Morgan fingerprint density at radius 3 is 0.487 bits per heavy atom. The second kappa shape index (κ2) is 49.7. The number of rotatable bonds is 18. The van der Waals surface area contributed by atoms with E-state index in [9.17, 15) is 0 Å². The summed E-state index contributed by atoms with van der Waals surface area (Å²) in [6, 6.07) is 220. The van der Waals surface area contributed by atoms with E-state index in [0.717, 1.165) is 0 Å². The Hall–Kier alpha value is -18.7. The van der Waals surface area contributed by atoms with Crippen LogP contribution >= 0.6 is 0 Å². The molecule has 0 nitrogen and oxygen atoms in total. The van der Waals surface area contributed by atoms with Gasteiger partial charge in [0.05, 0.1) is 0 Å². The molecule has 0 heterocycles. The van der Waals surface area contributed by atoms with Gasteiger partial charge >= 0.3 is 0 Å². The first kappa shape index (κ1) is 100.0. The molecule has 24 rings (SSSR count). The van der Waals surface area contributed by atoms with E-state index in [2.05, 4.69) is 660 Å². The summed E-state index contributed by atoms with van der Waals surface area (Å²) in [5, 5.41) is 0. The van der Waals surface area contributed by atoms with Gasteiger partial charge in [0.25, 0.3) is 0 Å². The van der Waals surface area contributed by atoms with Crippen molar-refractivity contribution >= 4 is 0 Å². The lowest BCUT2D eigenvalue weighted by Crippen LogP contribution is -1.89. The fourth-order valence-electron chi connectivity index (χ4n) is 19.6. The number of hydrogen-bond acceptors (Lipinski definition) is 0. The van der Waals surface area contributed by atoms with Crippen LogP contribution in [-0.2, 0) is 0 Å². The average Bonchev–Trinajstić information content (AvgIpc) is 0.811. The molecule has 150 heavy (non-hydrogen) atoms. The largest absolute Gasteiger partial charge is 0.0622 e. The normalized spacial score (nSPS) is 10.6. The summed E-state index contributed by atoms with van der Waals surface area (Å²) in [6.45, 7) is 12.9. The first-order valence-electron chi connectivity index (χ1n) is 51.8. The van der Waals surface area contributed by atoms with Crippen LogP contribution in [0.5, 0.6) is 0 Å². The summed E-state index contributed by atoms with van der Waals surface area (Å²) < 4.78 is 0. The van der Waals surface area contributed by atoms with Crippen molar-refractivity contribution in [3.63, 3.8) is 0 Å². The van der Waals surface area contributed by atoms with E-state index in [0.29, 0.717) is 0 Å². The fourth-order valence-corrected chi connectivity index (χ4v) is 19.6. The van der Waals surface area contributed by atoms with Crippen molar-refractivity contribution in [1.29, 1.82) is 0 Å². The second-order valence-electron chi connectivity index (χ2n) is 38.1. The van der Waals surface area contributed by atoms with Crippen molar-refractivity contribution in [2.24, 2.45) is 0 Å². The van der Waals surface area contributed by atoms with Crippen molar-refractivity contribution < 1.29 is 0 Å². The highest BCUT2D eigenvalue weighted by Crippen LogP contribution is 2.45. The van der Waals surface area contributed by atoms with E-state index >= 15 is 0 Å². The maximum Gasteiger partial charge on any atom is -0.00966 e. The molecule has 0 heteroatoms. The maximum atomic E-state index is 2.32. The third-order valence-corrected chi connectivity index (χ3v) is 27.5. The number of benzene rings is 24. The quantitative estimate of drug-likeness (QED) is 0.0803. The third-order valence-electron chi connectivity index (χ3n) is 27.5. The fraction of sp³-hybridized carbons (Fsp3) is 0.0400. The van der Waals surface area contributed by atoms with Crippen LogP contribution in [0.2, 0.25) is 0 Å². The lowest BCUT2D eigenvalue weighted by atomic mass is 9.89. The molecule has 0 amide bonds. The third kappa shape index (κ3) is 25.4. The Morgan fingerprint density at radius 1 is 0.0733 bits per heavy atom. The minimum absolute atomic E-state index is 1.25. The Bertz CT molecular complexity index is 8360. The molecule has 720 valence electrons. The summed E-state index contributed by atoms with van der Waals surface area (Å²) in [5.74, 6) is 0. The monoisotopic (exact) mass is 1920 g/mol. The van der Waals surface area contributed by atoms with Crippen LogP contribution in [0.4, 0.5) is 0 Å². The van der Waals surface area contributed by atoms with Crippen LogP contribution in [0.1, 0.15) is 33.4 Å². The molecule has 0 aliphatic carbocycles. The predicted octanol–water partition coefficient (Wildman–Crippen LogP) is 42.0. The van der Waals surface area contributed by atoms with Gasteiger partial charge in [0.1, 0.15) is 0 Å². The Morgan fingerprint density at radius 2 is 0.233 bits per heavy atom. The highest BCUT2D eigenvalue weighted by Gasteiger charge is 2.19. The number of hydrogen-bond donors (Lipinski definition) is 0. The molecule has 0 N–H and O–H groups in total. The molecule has 24 aromatic carbocycles. The molecule has 0 bridgehead atoms. The van der Waals surface area contributed by atoms with Gasteiger partial charge in [-0.05, 0) is 289 Å². The summed E-state index contributed by atoms with van der Waals surface area (Å²) >= 11 is 0. The second-order valence-corrected chi connectivity index (χ2v) is 38.1. The van der Waals surface area contributed by atoms with Crippen LogP contribution in [0.3, 0.4) is 0 Å². The van der Waals surface area contributed by atoms with E-state index in [4.69, 9.17) is 0 Å². The molecule has 0 saturated heterocycles. The summed E-state index contributed by atoms with van der Waals surface area (Å²) in [4.78, 5) is 0. The van der Waals surface area contributed by atoms with E-state index in [1.807, 2.05) is 0 Å². The Labute approximate surface area is 887 Å². The smallest absolute Gasteiger partial charge is 0.00966 e. The van der Waals surface area contributed by atoms with Gasteiger partial charge in [-0.25, -0.2) is 0 Å². The van der Waals surface area contributed by atoms with E-state index in [1.165, 1.54) is 234 Å². The molecule has 0 unspecified atom stereocenters. The average molecular weight is 1920 g/mol. The molecule has 0 fully saturated rings. The van der Waals surface area contributed by atoms with Gasteiger partial charge in [-0.1, -0.05) is 605 Å². The predicted molar refractivity (Wildman–Crippen MR) is 645 cm³/mol.